The minimum Gasteiger partial charge on any atom is -0.407 e. The molecule has 1 aliphatic heterocycles. The molecule has 0 saturated carbocycles. The van der Waals surface area contributed by atoms with E-state index >= 15 is 0 Å². The van der Waals surface area contributed by atoms with Crippen molar-refractivity contribution in [3.8, 4) is 0 Å². The Kier molecular flexibility index (Phi) is 7.28. The molecule has 0 amide bonds. The van der Waals surface area contributed by atoms with E-state index in [2.05, 4.69) is 46.4 Å². The van der Waals surface area contributed by atoms with E-state index in [0.717, 1.165) is 19.5 Å². The lowest BCUT2D eigenvalue weighted by atomic mass is 9.94. The van der Waals surface area contributed by atoms with Gasteiger partial charge in [0.2, 0.25) is 5.89 Å². The van der Waals surface area contributed by atoms with Crippen molar-refractivity contribution in [2.75, 3.05) is 25.5 Å². The number of likely N-dealkylation sites (N-methyl/N-ethyl adjacent to an activating group) is 2. The van der Waals surface area contributed by atoms with Crippen molar-refractivity contribution in [2.45, 2.75) is 25.6 Å². The number of nitrogens with zero attached hydrogens (tertiary/aromatic N) is 4. The summed E-state index contributed by atoms with van der Waals surface area (Å²) in [6, 6.07) is 9.59. The second-order valence-electron chi connectivity index (χ2n) is 5.60. The summed E-state index contributed by atoms with van der Waals surface area (Å²) in [6.07, 6.45) is 1.04. The van der Waals surface area contributed by atoms with Crippen LogP contribution in [0.2, 0.25) is 0 Å². The Bertz CT molecular complexity index is 621. The Morgan fingerprint density at radius 1 is 1.26 bits per heavy atom. The lowest BCUT2D eigenvalue weighted by Gasteiger charge is -2.35. The predicted molar refractivity (Wildman–Crippen MR) is 95.4 cm³/mol. The number of fused-ring (bicyclic) bond motifs is 1. The minimum atomic E-state index is 0. The van der Waals surface area contributed by atoms with Crippen LogP contribution in [0.25, 0.3) is 0 Å². The first-order valence-corrected chi connectivity index (χ1v) is 7.18. The van der Waals surface area contributed by atoms with E-state index in [4.69, 9.17) is 10.2 Å². The van der Waals surface area contributed by atoms with Crippen LogP contribution in [0.3, 0.4) is 0 Å². The summed E-state index contributed by atoms with van der Waals surface area (Å²) in [5.41, 5.74) is 8.35. The lowest BCUT2D eigenvalue weighted by Crippen LogP contribution is -2.44. The molecule has 0 aliphatic carbocycles. The molecule has 1 unspecified atom stereocenters. The van der Waals surface area contributed by atoms with Crippen molar-refractivity contribution in [1.29, 1.82) is 0 Å². The van der Waals surface area contributed by atoms with E-state index in [-0.39, 0.29) is 31.4 Å². The molecule has 0 fully saturated rings. The van der Waals surface area contributed by atoms with Crippen molar-refractivity contribution in [2.24, 2.45) is 5.73 Å². The van der Waals surface area contributed by atoms with Crippen LogP contribution >= 0.6 is 24.8 Å². The van der Waals surface area contributed by atoms with Crippen LogP contribution in [0.15, 0.2) is 28.7 Å². The maximum Gasteiger partial charge on any atom is 0.317 e. The van der Waals surface area contributed by atoms with Crippen LogP contribution in [0, 0.1) is 0 Å². The normalized spacial score (nSPS) is 16.9. The number of rotatable bonds is 4. The largest absolute Gasteiger partial charge is 0.407 e. The fraction of sp³-hybridized carbons (Fsp3) is 0.467. The molecular weight excluding hydrogens is 337 g/mol. The summed E-state index contributed by atoms with van der Waals surface area (Å²) >= 11 is 0. The van der Waals surface area contributed by atoms with E-state index in [1.165, 1.54) is 11.1 Å². The van der Waals surface area contributed by atoms with Crippen LogP contribution in [-0.2, 0) is 19.5 Å². The zero-order chi connectivity index (χ0) is 14.8. The third-order valence-corrected chi connectivity index (χ3v) is 4.06. The summed E-state index contributed by atoms with van der Waals surface area (Å²) in [7, 11) is 4.13. The van der Waals surface area contributed by atoms with Crippen molar-refractivity contribution >= 4 is 30.8 Å². The number of benzene rings is 1. The van der Waals surface area contributed by atoms with Gasteiger partial charge in [0.25, 0.3) is 0 Å². The Morgan fingerprint density at radius 3 is 2.61 bits per heavy atom. The van der Waals surface area contributed by atoms with Gasteiger partial charge in [0, 0.05) is 26.2 Å². The predicted octanol–water partition coefficient (Wildman–Crippen LogP) is 1.86. The molecule has 2 N–H and O–H groups in total. The first-order valence-electron chi connectivity index (χ1n) is 7.18. The van der Waals surface area contributed by atoms with Gasteiger partial charge in [0.15, 0.2) is 0 Å². The molecule has 0 radical (unpaired) electrons. The average molecular weight is 360 g/mol. The molecule has 23 heavy (non-hydrogen) atoms. The molecule has 6 nitrogen and oxygen atoms in total. The first-order chi connectivity index (χ1) is 10.2. The Morgan fingerprint density at radius 2 is 1.96 bits per heavy atom. The zero-order valence-corrected chi connectivity index (χ0v) is 14.9. The highest BCUT2D eigenvalue weighted by atomic mass is 35.5. The van der Waals surface area contributed by atoms with Crippen LogP contribution in [0.1, 0.15) is 17.0 Å². The van der Waals surface area contributed by atoms with E-state index < -0.39 is 0 Å². The molecule has 1 aromatic heterocycles. The number of anilines is 1. The van der Waals surface area contributed by atoms with E-state index in [1.54, 1.807) is 0 Å². The van der Waals surface area contributed by atoms with E-state index in [9.17, 15) is 0 Å². The highest BCUT2D eigenvalue weighted by Gasteiger charge is 2.25. The topological polar surface area (TPSA) is 71.4 Å². The number of aromatic nitrogens is 2. The molecule has 8 heteroatoms. The summed E-state index contributed by atoms with van der Waals surface area (Å²) in [5, 5.41) is 7.94. The smallest absolute Gasteiger partial charge is 0.317 e. The highest BCUT2D eigenvalue weighted by molar-refractivity contribution is 5.85. The summed E-state index contributed by atoms with van der Waals surface area (Å²) in [4.78, 5) is 4.38. The summed E-state index contributed by atoms with van der Waals surface area (Å²) in [5.74, 6) is 0.471. The molecule has 0 saturated heterocycles. The Balaban J connectivity index is 0.00000132. The maximum absolute atomic E-state index is 5.50. The van der Waals surface area contributed by atoms with Crippen molar-refractivity contribution < 1.29 is 4.42 Å². The number of hydrogen-bond acceptors (Lipinski definition) is 6. The van der Waals surface area contributed by atoms with Gasteiger partial charge in [0.1, 0.15) is 0 Å². The van der Waals surface area contributed by atoms with Gasteiger partial charge in [-0.2, -0.15) is 0 Å². The molecule has 1 aromatic carbocycles. The van der Waals surface area contributed by atoms with E-state index in [0.29, 0.717) is 17.9 Å². The van der Waals surface area contributed by atoms with Crippen LogP contribution < -0.4 is 10.6 Å². The molecule has 3 rings (SSSR count). The third-order valence-electron chi connectivity index (χ3n) is 4.06. The quantitative estimate of drug-likeness (QED) is 0.898. The van der Waals surface area contributed by atoms with Crippen LogP contribution in [0.5, 0.6) is 0 Å². The Hall–Kier alpha value is -1.34. The zero-order valence-electron chi connectivity index (χ0n) is 13.3. The standard InChI is InChI=1S/C15H21N5O.2ClH/c1-19-9-12-6-4-3-5-11(12)7-13(19)10-20(2)15-18-17-14(8-16)21-15;;/h3-6,13H,7-10,16H2,1-2H3;2*1H. The number of halogens is 2. The molecular formula is C15H23Cl2N5O. The van der Waals surface area contributed by atoms with E-state index in [1.807, 2.05) is 11.9 Å². The molecule has 2 heterocycles. The van der Waals surface area contributed by atoms with Gasteiger partial charge in [0.05, 0.1) is 6.54 Å². The minimum absolute atomic E-state index is 0. The Labute approximate surface area is 148 Å². The molecule has 0 bridgehead atoms. The third kappa shape index (κ3) is 4.35. The van der Waals surface area contributed by atoms with Gasteiger partial charge in [-0.05, 0) is 24.6 Å². The lowest BCUT2D eigenvalue weighted by molar-refractivity contribution is 0.217. The van der Waals surface area contributed by atoms with Crippen LogP contribution in [-0.4, -0.2) is 41.8 Å². The summed E-state index contributed by atoms with van der Waals surface area (Å²) < 4.78 is 5.50. The molecule has 2 aromatic rings. The van der Waals surface area contributed by atoms with Gasteiger partial charge >= 0.3 is 6.01 Å². The van der Waals surface area contributed by atoms with Crippen molar-refractivity contribution in [3.63, 3.8) is 0 Å². The van der Waals surface area contributed by atoms with Gasteiger partial charge in [-0.3, -0.25) is 4.90 Å². The second-order valence-corrected chi connectivity index (χ2v) is 5.60. The van der Waals surface area contributed by atoms with Gasteiger partial charge in [-0.1, -0.05) is 29.4 Å². The van der Waals surface area contributed by atoms with Gasteiger partial charge in [-0.25, -0.2) is 0 Å². The molecule has 128 valence electrons. The molecule has 1 atom stereocenters. The SMILES string of the molecule is CN(CC1Cc2ccccc2CN1C)c1nnc(CN)o1.Cl.Cl. The fourth-order valence-corrected chi connectivity index (χ4v) is 2.80. The van der Waals surface area contributed by atoms with Crippen molar-refractivity contribution in [3.05, 3.63) is 41.3 Å². The van der Waals surface area contributed by atoms with Crippen LogP contribution in [0.4, 0.5) is 6.01 Å². The second kappa shape index (κ2) is 8.49. The monoisotopic (exact) mass is 359 g/mol. The van der Waals surface area contributed by atoms with Gasteiger partial charge in [-0.15, -0.1) is 29.9 Å². The highest BCUT2D eigenvalue weighted by Crippen LogP contribution is 2.23. The number of nitrogens with two attached hydrogens (primary N) is 1. The molecule has 0 spiro atoms. The average Bonchev–Trinajstić information content (AvgIpc) is 2.97. The maximum atomic E-state index is 5.50. The van der Waals surface area contributed by atoms with Crippen molar-refractivity contribution in [1.82, 2.24) is 15.1 Å². The first kappa shape index (κ1) is 19.7. The van der Waals surface area contributed by atoms with Gasteiger partial charge < -0.3 is 15.1 Å². The molecule has 1 aliphatic rings. The fourth-order valence-electron chi connectivity index (χ4n) is 2.80. The summed E-state index contributed by atoms with van der Waals surface area (Å²) in [6.45, 7) is 2.10. The number of hydrogen-bond donors (Lipinski definition) is 1.